The van der Waals surface area contributed by atoms with Crippen LogP contribution >= 0.6 is 0 Å². The maximum atomic E-state index is 13.1. The van der Waals surface area contributed by atoms with Crippen molar-refractivity contribution in [2.75, 3.05) is 14.1 Å². The van der Waals surface area contributed by atoms with Gasteiger partial charge in [-0.2, -0.15) is 0 Å². The number of hydrogen-bond acceptors (Lipinski definition) is 3. The van der Waals surface area contributed by atoms with Gasteiger partial charge in [-0.25, -0.2) is 0 Å². The van der Waals surface area contributed by atoms with Gasteiger partial charge in [0.05, 0.1) is 0 Å². The van der Waals surface area contributed by atoms with E-state index in [-0.39, 0.29) is 5.91 Å². The van der Waals surface area contributed by atoms with E-state index in [9.17, 15) is 9.59 Å². The van der Waals surface area contributed by atoms with E-state index < -0.39 is 17.5 Å². The van der Waals surface area contributed by atoms with Crippen LogP contribution < -0.4 is 11.1 Å². The molecule has 2 rings (SSSR count). The molecule has 0 spiro atoms. The molecule has 0 aromatic heterocycles. The van der Waals surface area contributed by atoms with E-state index in [4.69, 9.17) is 5.73 Å². The molecular weight excluding hydrogens is 326 g/mol. The number of rotatable bonds is 8. The predicted octanol–water partition coefficient (Wildman–Crippen LogP) is 1.76. The first-order valence-electron chi connectivity index (χ1n) is 8.68. The lowest BCUT2D eigenvalue weighted by Crippen LogP contribution is -2.59. The molecule has 0 heterocycles. The van der Waals surface area contributed by atoms with E-state index in [0.717, 1.165) is 11.1 Å². The predicted molar refractivity (Wildman–Crippen MR) is 104 cm³/mol. The highest BCUT2D eigenvalue weighted by Crippen LogP contribution is 2.19. The number of hydrogen-bond donors (Lipinski definition) is 2. The van der Waals surface area contributed by atoms with E-state index in [0.29, 0.717) is 12.8 Å². The molecule has 0 radical (unpaired) electrons. The van der Waals surface area contributed by atoms with E-state index in [1.807, 2.05) is 86.6 Å². The van der Waals surface area contributed by atoms with Gasteiger partial charge in [0, 0.05) is 6.42 Å². The number of primary amides is 1. The largest absolute Gasteiger partial charge is 0.368 e. The lowest BCUT2D eigenvalue weighted by Gasteiger charge is -2.36. The minimum Gasteiger partial charge on any atom is -0.368 e. The SMILES string of the molecule is CN(C)C(C)(Cc1ccccc1)C(=O)NC(Cc1ccccc1)C(N)=O. The molecule has 26 heavy (non-hydrogen) atoms. The molecule has 2 aromatic rings. The van der Waals surface area contributed by atoms with Gasteiger partial charge in [-0.15, -0.1) is 0 Å². The Labute approximate surface area is 155 Å². The third kappa shape index (κ3) is 4.92. The average Bonchev–Trinajstić information content (AvgIpc) is 2.62. The molecule has 0 bridgehead atoms. The molecule has 0 aliphatic carbocycles. The second-order valence-corrected chi connectivity index (χ2v) is 6.95. The van der Waals surface area contributed by atoms with Crippen LogP contribution in [0.5, 0.6) is 0 Å². The molecule has 2 unspecified atom stereocenters. The van der Waals surface area contributed by atoms with Crippen LogP contribution in [-0.4, -0.2) is 42.4 Å². The molecule has 5 heteroatoms. The Hall–Kier alpha value is -2.66. The van der Waals surface area contributed by atoms with E-state index in [1.165, 1.54) is 0 Å². The molecule has 2 aromatic carbocycles. The second kappa shape index (κ2) is 8.63. The number of carbonyl (C=O) groups is 2. The summed E-state index contributed by atoms with van der Waals surface area (Å²) in [5.74, 6) is -0.755. The standard InChI is InChI=1S/C21H27N3O2/c1-21(24(2)3,15-17-12-8-5-9-13-17)20(26)23-18(19(22)25)14-16-10-6-4-7-11-16/h4-13,18H,14-15H2,1-3H3,(H2,22,25)(H,23,26). The zero-order chi connectivity index (χ0) is 19.2. The van der Waals surface area contributed by atoms with Gasteiger partial charge in [0.15, 0.2) is 0 Å². The van der Waals surface area contributed by atoms with Gasteiger partial charge in [0.25, 0.3) is 0 Å². The molecule has 2 amide bonds. The summed E-state index contributed by atoms with van der Waals surface area (Å²) in [5, 5.41) is 2.85. The number of amides is 2. The van der Waals surface area contributed by atoms with Gasteiger partial charge in [0.1, 0.15) is 11.6 Å². The van der Waals surface area contributed by atoms with Gasteiger partial charge in [0.2, 0.25) is 11.8 Å². The Kier molecular flexibility index (Phi) is 6.52. The van der Waals surface area contributed by atoms with Crippen molar-refractivity contribution in [2.45, 2.75) is 31.3 Å². The number of benzene rings is 2. The van der Waals surface area contributed by atoms with Gasteiger partial charge >= 0.3 is 0 Å². The first kappa shape index (κ1) is 19.7. The van der Waals surface area contributed by atoms with Crippen LogP contribution in [0.25, 0.3) is 0 Å². The Bertz CT molecular complexity index is 731. The van der Waals surface area contributed by atoms with Crippen molar-refractivity contribution in [3.05, 3.63) is 71.8 Å². The lowest BCUT2D eigenvalue weighted by atomic mass is 9.90. The summed E-state index contributed by atoms with van der Waals surface area (Å²) in [4.78, 5) is 26.8. The molecule has 0 fully saturated rings. The third-order valence-electron chi connectivity index (χ3n) is 4.80. The summed E-state index contributed by atoms with van der Waals surface area (Å²) in [5.41, 5.74) is 6.74. The molecule has 0 saturated carbocycles. The summed E-state index contributed by atoms with van der Waals surface area (Å²) in [6.07, 6.45) is 0.903. The Morgan fingerprint density at radius 2 is 1.50 bits per heavy atom. The lowest BCUT2D eigenvalue weighted by molar-refractivity contribution is -0.134. The summed E-state index contributed by atoms with van der Waals surface area (Å²) in [7, 11) is 3.72. The van der Waals surface area contributed by atoms with Crippen molar-refractivity contribution < 1.29 is 9.59 Å². The highest BCUT2D eigenvalue weighted by Gasteiger charge is 2.37. The topological polar surface area (TPSA) is 75.4 Å². The van der Waals surface area contributed by atoms with Crippen molar-refractivity contribution >= 4 is 11.8 Å². The van der Waals surface area contributed by atoms with Crippen LogP contribution in [0.1, 0.15) is 18.1 Å². The Morgan fingerprint density at radius 3 is 1.96 bits per heavy atom. The number of likely N-dealkylation sites (N-methyl/N-ethyl adjacent to an activating group) is 1. The Balaban J connectivity index is 2.17. The van der Waals surface area contributed by atoms with Crippen molar-refractivity contribution in [1.29, 1.82) is 0 Å². The molecule has 2 atom stereocenters. The molecule has 0 saturated heterocycles. The minimum absolute atomic E-state index is 0.217. The van der Waals surface area contributed by atoms with Gasteiger partial charge in [-0.05, 0) is 38.6 Å². The summed E-state index contributed by atoms with van der Waals surface area (Å²) in [6.45, 7) is 1.87. The molecular formula is C21H27N3O2. The smallest absolute Gasteiger partial charge is 0.241 e. The third-order valence-corrected chi connectivity index (χ3v) is 4.80. The van der Waals surface area contributed by atoms with Crippen LogP contribution in [0.3, 0.4) is 0 Å². The fourth-order valence-electron chi connectivity index (χ4n) is 2.82. The summed E-state index contributed by atoms with van der Waals surface area (Å²) >= 11 is 0. The normalized spacial score (nSPS) is 14.5. The summed E-state index contributed by atoms with van der Waals surface area (Å²) < 4.78 is 0. The highest BCUT2D eigenvalue weighted by atomic mass is 16.2. The van der Waals surface area contributed by atoms with E-state index >= 15 is 0 Å². The van der Waals surface area contributed by atoms with Crippen molar-refractivity contribution in [2.24, 2.45) is 5.73 Å². The highest BCUT2D eigenvalue weighted by molar-refractivity contribution is 5.91. The van der Waals surface area contributed by atoms with Crippen molar-refractivity contribution in [3.63, 3.8) is 0 Å². The van der Waals surface area contributed by atoms with Crippen molar-refractivity contribution in [3.8, 4) is 0 Å². The fourth-order valence-corrected chi connectivity index (χ4v) is 2.82. The van der Waals surface area contributed by atoms with Crippen LogP contribution in [0.2, 0.25) is 0 Å². The van der Waals surface area contributed by atoms with Gasteiger partial charge < -0.3 is 11.1 Å². The summed E-state index contributed by atoms with van der Waals surface area (Å²) in [6, 6.07) is 18.6. The number of nitrogens with one attached hydrogen (secondary N) is 1. The maximum Gasteiger partial charge on any atom is 0.241 e. The van der Waals surface area contributed by atoms with Crippen LogP contribution in [0, 0.1) is 0 Å². The van der Waals surface area contributed by atoms with Crippen molar-refractivity contribution in [1.82, 2.24) is 10.2 Å². The minimum atomic E-state index is -0.800. The molecule has 0 aliphatic heterocycles. The number of nitrogens with two attached hydrogens (primary N) is 1. The fraction of sp³-hybridized carbons (Fsp3) is 0.333. The number of carbonyl (C=O) groups excluding carboxylic acids is 2. The van der Waals surface area contributed by atoms with E-state index in [1.54, 1.807) is 0 Å². The van der Waals surface area contributed by atoms with Crippen LogP contribution in [0.15, 0.2) is 60.7 Å². The molecule has 0 aliphatic rings. The zero-order valence-electron chi connectivity index (χ0n) is 15.6. The zero-order valence-corrected chi connectivity index (χ0v) is 15.6. The Morgan fingerprint density at radius 1 is 1.00 bits per heavy atom. The first-order chi connectivity index (χ1) is 12.3. The monoisotopic (exact) mass is 353 g/mol. The van der Waals surface area contributed by atoms with Crippen LogP contribution in [-0.2, 0) is 22.4 Å². The second-order valence-electron chi connectivity index (χ2n) is 6.95. The molecule has 138 valence electrons. The molecule has 5 nitrogen and oxygen atoms in total. The molecule has 3 N–H and O–H groups in total. The van der Waals surface area contributed by atoms with Gasteiger partial charge in [-0.3, -0.25) is 14.5 Å². The first-order valence-corrected chi connectivity index (χ1v) is 8.68. The van der Waals surface area contributed by atoms with E-state index in [2.05, 4.69) is 5.32 Å². The quantitative estimate of drug-likeness (QED) is 0.759. The van der Waals surface area contributed by atoms with Gasteiger partial charge in [-0.1, -0.05) is 60.7 Å². The average molecular weight is 353 g/mol. The van der Waals surface area contributed by atoms with Crippen LogP contribution in [0.4, 0.5) is 0 Å². The maximum absolute atomic E-state index is 13.1. The number of nitrogens with zero attached hydrogens (tertiary/aromatic N) is 1.